The number of thiophene rings is 1. The SMILES string of the molecule is O=C(NC1(c2cc3ccccc3s2)CCCCC1)C1CC1. The molecule has 1 amide bonds. The van der Waals surface area contributed by atoms with E-state index in [-0.39, 0.29) is 17.4 Å². The van der Waals surface area contributed by atoms with Crippen LogP contribution in [0.25, 0.3) is 10.1 Å². The molecule has 4 rings (SSSR count). The molecular formula is C18H21NOS. The average molecular weight is 299 g/mol. The number of fused-ring (bicyclic) bond motifs is 1. The normalized spacial score (nSPS) is 21.3. The molecule has 0 saturated heterocycles. The van der Waals surface area contributed by atoms with Crippen LogP contribution in [0, 0.1) is 5.92 Å². The van der Waals surface area contributed by atoms with Gasteiger partial charge in [0, 0.05) is 15.5 Å². The van der Waals surface area contributed by atoms with E-state index in [1.165, 1.54) is 34.2 Å². The summed E-state index contributed by atoms with van der Waals surface area (Å²) in [5, 5.41) is 4.75. The summed E-state index contributed by atoms with van der Waals surface area (Å²) in [5.41, 5.74) is -0.0956. The molecule has 1 aromatic heterocycles. The van der Waals surface area contributed by atoms with Crippen LogP contribution < -0.4 is 5.32 Å². The Kier molecular flexibility index (Phi) is 3.26. The molecule has 0 radical (unpaired) electrons. The summed E-state index contributed by atoms with van der Waals surface area (Å²) in [6.07, 6.45) is 8.09. The lowest BCUT2D eigenvalue weighted by Crippen LogP contribution is -2.47. The first kappa shape index (κ1) is 13.3. The smallest absolute Gasteiger partial charge is 0.223 e. The van der Waals surface area contributed by atoms with Crippen LogP contribution in [0.5, 0.6) is 0 Å². The van der Waals surface area contributed by atoms with Crippen LogP contribution in [0.3, 0.4) is 0 Å². The van der Waals surface area contributed by atoms with Crippen molar-refractivity contribution in [3.05, 3.63) is 35.2 Å². The number of benzene rings is 1. The van der Waals surface area contributed by atoms with Gasteiger partial charge in [0.15, 0.2) is 0 Å². The molecule has 0 aliphatic heterocycles. The van der Waals surface area contributed by atoms with E-state index < -0.39 is 0 Å². The fourth-order valence-corrected chi connectivity index (χ4v) is 4.75. The largest absolute Gasteiger partial charge is 0.346 e. The Hall–Kier alpha value is -1.35. The van der Waals surface area contributed by atoms with Gasteiger partial charge in [-0.15, -0.1) is 11.3 Å². The van der Waals surface area contributed by atoms with Crippen LogP contribution in [0.2, 0.25) is 0 Å². The van der Waals surface area contributed by atoms with E-state index in [4.69, 9.17) is 0 Å². The maximum Gasteiger partial charge on any atom is 0.223 e. The molecule has 0 unspecified atom stereocenters. The van der Waals surface area contributed by atoms with E-state index in [1.807, 2.05) is 11.3 Å². The minimum absolute atomic E-state index is 0.0956. The molecule has 0 atom stereocenters. The first-order valence-electron chi connectivity index (χ1n) is 8.08. The van der Waals surface area contributed by atoms with Gasteiger partial charge in [-0.3, -0.25) is 4.79 Å². The third-order valence-electron chi connectivity index (χ3n) is 4.91. The Balaban J connectivity index is 1.71. The second-order valence-corrected chi connectivity index (χ2v) is 7.64. The quantitative estimate of drug-likeness (QED) is 0.882. The lowest BCUT2D eigenvalue weighted by atomic mass is 9.80. The predicted octanol–water partition coefficient (Wildman–Crippen LogP) is 4.59. The van der Waals surface area contributed by atoms with Gasteiger partial charge in [0.25, 0.3) is 0 Å². The van der Waals surface area contributed by atoms with Crippen molar-refractivity contribution in [3.8, 4) is 0 Å². The Morgan fingerprint density at radius 2 is 1.90 bits per heavy atom. The van der Waals surface area contributed by atoms with Crippen LogP contribution in [0.4, 0.5) is 0 Å². The summed E-state index contributed by atoms with van der Waals surface area (Å²) < 4.78 is 1.33. The van der Waals surface area contributed by atoms with Crippen molar-refractivity contribution < 1.29 is 4.79 Å². The molecule has 110 valence electrons. The fraction of sp³-hybridized carbons (Fsp3) is 0.500. The molecule has 1 aromatic carbocycles. The molecule has 1 heterocycles. The Bertz CT molecular complexity index is 632. The molecule has 21 heavy (non-hydrogen) atoms. The van der Waals surface area contributed by atoms with Crippen LogP contribution in [0.1, 0.15) is 49.8 Å². The van der Waals surface area contributed by atoms with Crippen molar-refractivity contribution in [3.63, 3.8) is 0 Å². The van der Waals surface area contributed by atoms with Gasteiger partial charge >= 0.3 is 0 Å². The molecule has 0 bridgehead atoms. The molecule has 1 N–H and O–H groups in total. The zero-order valence-electron chi connectivity index (χ0n) is 12.2. The summed E-state index contributed by atoms with van der Waals surface area (Å²) in [5.74, 6) is 0.576. The maximum atomic E-state index is 12.4. The van der Waals surface area contributed by atoms with Crippen molar-refractivity contribution in [2.24, 2.45) is 5.92 Å². The average Bonchev–Trinajstić information content (AvgIpc) is 3.27. The molecule has 2 fully saturated rings. The standard InChI is InChI=1S/C18H21NOS/c20-17(13-8-9-13)19-18(10-4-1-5-11-18)16-12-14-6-2-3-7-15(14)21-16/h2-3,6-7,12-13H,1,4-5,8-11H2,(H,19,20). The Morgan fingerprint density at radius 3 is 2.62 bits per heavy atom. The number of carbonyl (C=O) groups excluding carboxylic acids is 1. The third-order valence-corrected chi connectivity index (χ3v) is 6.24. The summed E-state index contributed by atoms with van der Waals surface area (Å²) in [6, 6.07) is 10.9. The van der Waals surface area contributed by atoms with Crippen LogP contribution in [0.15, 0.2) is 30.3 Å². The highest BCUT2D eigenvalue weighted by molar-refractivity contribution is 7.19. The van der Waals surface area contributed by atoms with Gasteiger partial charge in [0.2, 0.25) is 5.91 Å². The number of nitrogens with one attached hydrogen (secondary N) is 1. The van der Waals surface area contributed by atoms with E-state index in [9.17, 15) is 4.79 Å². The van der Waals surface area contributed by atoms with E-state index in [2.05, 4.69) is 35.6 Å². The highest BCUT2D eigenvalue weighted by atomic mass is 32.1. The number of hydrogen-bond acceptors (Lipinski definition) is 2. The molecule has 2 aromatic rings. The topological polar surface area (TPSA) is 29.1 Å². The van der Waals surface area contributed by atoms with Crippen molar-refractivity contribution in [2.75, 3.05) is 0 Å². The minimum atomic E-state index is -0.0956. The highest BCUT2D eigenvalue weighted by Crippen LogP contribution is 2.43. The van der Waals surface area contributed by atoms with Crippen molar-refractivity contribution >= 4 is 27.3 Å². The summed E-state index contributed by atoms with van der Waals surface area (Å²) in [6.45, 7) is 0. The molecular weight excluding hydrogens is 278 g/mol. The Morgan fingerprint density at radius 1 is 1.14 bits per heavy atom. The second kappa shape index (κ2) is 5.13. The monoisotopic (exact) mass is 299 g/mol. The summed E-state index contributed by atoms with van der Waals surface area (Å²) in [4.78, 5) is 13.7. The zero-order valence-corrected chi connectivity index (χ0v) is 13.0. The molecule has 2 aliphatic carbocycles. The number of rotatable bonds is 3. The van der Waals surface area contributed by atoms with Gasteiger partial charge in [0.1, 0.15) is 0 Å². The second-order valence-electron chi connectivity index (χ2n) is 6.55. The van der Waals surface area contributed by atoms with Gasteiger partial charge in [-0.1, -0.05) is 37.5 Å². The van der Waals surface area contributed by atoms with E-state index in [1.54, 1.807) is 0 Å². The van der Waals surface area contributed by atoms with Crippen LogP contribution >= 0.6 is 11.3 Å². The first-order chi connectivity index (χ1) is 10.3. The minimum Gasteiger partial charge on any atom is -0.346 e. The van der Waals surface area contributed by atoms with Gasteiger partial charge < -0.3 is 5.32 Å². The number of amides is 1. The van der Waals surface area contributed by atoms with E-state index >= 15 is 0 Å². The van der Waals surface area contributed by atoms with Gasteiger partial charge in [0.05, 0.1) is 5.54 Å². The van der Waals surface area contributed by atoms with E-state index in [0.717, 1.165) is 25.7 Å². The van der Waals surface area contributed by atoms with Crippen molar-refractivity contribution in [2.45, 2.75) is 50.5 Å². The molecule has 2 aliphatic rings. The number of hydrogen-bond donors (Lipinski definition) is 1. The number of carbonyl (C=O) groups is 1. The summed E-state index contributed by atoms with van der Waals surface area (Å²) in [7, 11) is 0. The molecule has 2 saturated carbocycles. The molecule has 0 spiro atoms. The lowest BCUT2D eigenvalue weighted by molar-refractivity contribution is -0.124. The molecule has 2 nitrogen and oxygen atoms in total. The van der Waals surface area contributed by atoms with Crippen LogP contribution in [-0.2, 0) is 10.3 Å². The Labute approximate surface area is 129 Å². The van der Waals surface area contributed by atoms with Gasteiger partial charge in [-0.25, -0.2) is 0 Å². The van der Waals surface area contributed by atoms with Crippen molar-refractivity contribution in [1.82, 2.24) is 5.32 Å². The lowest BCUT2D eigenvalue weighted by Gasteiger charge is -2.37. The fourth-order valence-electron chi connectivity index (χ4n) is 3.49. The molecule has 3 heteroatoms. The van der Waals surface area contributed by atoms with Gasteiger partial charge in [-0.2, -0.15) is 0 Å². The van der Waals surface area contributed by atoms with E-state index in [0.29, 0.717) is 0 Å². The zero-order chi connectivity index (χ0) is 14.3. The highest BCUT2D eigenvalue weighted by Gasteiger charge is 2.40. The third kappa shape index (κ3) is 2.48. The van der Waals surface area contributed by atoms with Crippen molar-refractivity contribution in [1.29, 1.82) is 0 Å². The maximum absolute atomic E-state index is 12.4. The van der Waals surface area contributed by atoms with Crippen LogP contribution in [-0.4, -0.2) is 5.91 Å². The first-order valence-corrected chi connectivity index (χ1v) is 8.90. The predicted molar refractivity (Wildman–Crippen MR) is 87.5 cm³/mol. The summed E-state index contributed by atoms with van der Waals surface area (Å²) >= 11 is 1.86. The van der Waals surface area contributed by atoms with Gasteiger partial charge in [-0.05, 0) is 43.2 Å².